The molecule has 1 N–H and O–H groups in total. The molecule has 6 heteroatoms. The molecule has 381 valence electrons. The van der Waals surface area contributed by atoms with Crippen LogP contribution < -0.4 is 25.9 Å². The van der Waals surface area contributed by atoms with Gasteiger partial charge in [0, 0.05) is 49.6 Å². The van der Waals surface area contributed by atoms with Crippen molar-refractivity contribution < 1.29 is 9.15 Å². The summed E-state index contributed by atoms with van der Waals surface area (Å²) < 4.78 is 16.6. The fourth-order valence-electron chi connectivity index (χ4n) is 13.5. The third-order valence-corrected chi connectivity index (χ3v) is 17.9. The van der Waals surface area contributed by atoms with Crippen molar-refractivity contribution in [3.8, 4) is 28.3 Å². The molecule has 0 saturated carbocycles. The Balaban J connectivity index is 1.13. The predicted molar refractivity (Wildman–Crippen MR) is 331 cm³/mol. The average Bonchev–Trinajstić information content (AvgIpc) is 3.48. The maximum absolute atomic E-state index is 7.22. The minimum atomic E-state index is -0.0699. The number of anilines is 5. The Kier molecular flexibility index (Phi) is 9.75. The molecule has 10 aromatic carbocycles. The van der Waals surface area contributed by atoms with Gasteiger partial charge in [0.2, 0.25) is 0 Å². The average molecular weight is 1010 g/mol. The molecule has 2 aliphatic heterocycles. The molecule has 0 fully saturated rings. The highest BCUT2D eigenvalue weighted by Gasteiger charge is 2.39. The van der Waals surface area contributed by atoms with Crippen molar-refractivity contribution in [1.82, 2.24) is 4.57 Å². The molecule has 0 amide bonds. The molecular weight excluding hydrogens is 950 g/mol. The lowest BCUT2D eigenvalue weighted by Gasteiger charge is -2.41. The zero-order valence-corrected chi connectivity index (χ0v) is 46.4. The van der Waals surface area contributed by atoms with E-state index in [1.165, 1.54) is 76.8 Å². The summed E-state index contributed by atoms with van der Waals surface area (Å²) in [5, 5.41) is 13.7. The quantitative estimate of drug-likeness (QED) is 0.141. The molecule has 0 bridgehead atoms. The molecule has 2 aromatic heterocycles. The van der Waals surface area contributed by atoms with Crippen LogP contribution in [-0.2, 0) is 21.7 Å². The highest BCUT2D eigenvalue weighted by atomic mass is 16.5. The van der Waals surface area contributed by atoms with Gasteiger partial charge in [-0.25, -0.2) is 0 Å². The van der Waals surface area contributed by atoms with E-state index >= 15 is 0 Å². The van der Waals surface area contributed by atoms with Gasteiger partial charge in [-0.2, -0.15) is 0 Å². The molecule has 78 heavy (non-hydrogen) atoms. The van der Waals surface area contributed by atoms with Crippen LogP contribution >= 0.6 is 0 Å². The van der Waals surface area contributed by atoms with Crippen LogP contribution in [0.2, 0.25) is 0 Å². The Morgan fingerprint density at radius 1 is 0.474 bits per heavy atom. The number of aromatic nitrogens is 1. The Morgan fingerprint density at radius 3 is 1.71 bits per heavy atom. The van der Waals surface area contributed by atoms with Crippen molar-refractivity contribution in [3.05, 3.63) is 192 Å². The molecule has 0 saturated heterocycles. The summed E-state index contributed by atoms with van der Waals surface area (Å²) in [6.07, 6.45) is 2.27. The largest absolute Gasteiger partial charge is 0.456 e. The summed E-state index contributed by atoms with van der Waals surface area (Å²) in [7, 11) is 2.49. The number of fused-ring (bicyclic) bond motifs is 16. The Hall–Kier alpha value is -8.22. The van der Waals surface area contributed by atoms with Gasteiger partial charge in [-0.3, -0.25) is 0 Å². The molecule has 1 radical (unpaired) electrons. The fraction of sp³-hybridized carbons (Fsp3) is 0.222. The topological polar surface area (TPSA) is 42.6 Å². The number of rotatable bonds is 4. The van der Waals surface area contributed by atoms with Crippen LogP contribution in [0.3, 0.4) is 0 Å². The van der Waals surface area contributed by atoms with Crippen molar-refractivity contribution >= 4 is 112 Å². The van der Waals surface area contributed by atoms with E-state index in [-0.39, 0.29) is 21.7 Å². The second kappa shape index (κ2) is 16.2. The van der Waals surface area contributed by atoms with E-state index in [9.17, 15) is 0 Å². The Bertz CT molecular complexity index is 4510. The number of hydrogen-bond acceptors (Lipinski definition) is 4. The highest BCUT2D eigenvalue weighted by molar-refractivity contribution is 6.74. The van der Waals surface area contributed by atoms with Gasteiger partial charge in [0.05, 0.1) is 28.1 Å². The lowest BCUT2D eigenvalue weighted by molar-refractivity contribution is 0.332. The Morgan fingerprint density at radius 2 is 1.04 bits per heavy atom. The van der Waals surface area contributed by atoms with Gasteiger partial charge in [-0.15, -0.1) is 0 Å². The first kappa shape index (κ1) is 47.0. The second-order valence-corrected chi connectivity index (χ2v) is 25.9. The standard InChI is InChI=1S/C72H63BN3O2/c1-69(2,3)41-27-30-43(31-28-41)74-55-37-50-49-36-52-53(72(9,10)34-33-71(52,7)8)40-63(49)78-62(50)39-48(55)51-38-59(75-57-23-15-17-25-60(57)77-61-26-18-16-24-58(61)75)65-64-46-21-13-11-19-44(46)45-20-12-14-22-47(45)67(64)76-56-32-29-42(70(4,5)6)35-54(56)73-66(51)68(65)76/h11-32,35-40,74H,33-34H2,1-10H3. The van der Waals surface area contributed by atoms with Gasteiger partial charge in [0.15, 0.2) is 18.8 Å². The van der Waals surface area contributed by atoms with Gasteiger partial charge >= 0.3 is 0 Å². The molecular formula is C72H63BN3O2. The van der Waals surface area contributed by atoms with Crippen LogP contribution in [0.4, 0.5) is 28.4 Å². The third-order valence-electron chi connectivity index (χ3n) is 17.9. The van der Waals surface area contributed by atoms with E-state index in [0.717, 1.165) is 91.3 Å². The van der Waals surface area contributed by atoms with Gasteiger partial charge in [0.1, 0.15) is 11.2 Å². The fourth-order valence-corrected chi connectivity index (χ4v) is 13.5. The van der Waals surface area contributed by atoms with Gasteiger partial charge in [-0.1, -0.05) is 172 Å². The summed E-state index contributed by atoms with van der Waals surface area (Å²) in [6, 6.07) is 63.3. The van der Waals surface area contributed by atoms with Crippen LogP contribution in [0, 0.1) is 0 Å². The summed E-state index contributed by atoms with van der Waals surface area (Å²) in [4.78, 5) is 2.47. The van der Waals surface area contributed by atoms with Gasteiger partial charge in [0.25, 0.3) is 0 Å². The molecule has 5 nitrogen and oxygen atoms in total. The minimum absolute atomic E-state index is 0.0130. The van der Waals surface area contributed by atoms with E-state index in [4.69, 9.17) is 9.15 Å². The second-order valence-electron chi connectivity index (χ2n) is 25.9. The number of benzene rings is 10. The zero-order chi connectivity index (χ0) is 53.4. The van der Waals surface area contributed by atoms with Crippen molar-refractivity contribution in [2.75, 3.05) is 10.2 Å². The monoisotopic (exact) mass is 1010 g/mol. The maximum atomic E-state index is 7.22. The highest BCUT2D eigenvalue weighted by Crippen LogP contribution is 2.56. The molecule has 4 heterocycles. The summed E-state index contributed by atoms with van der Waals surface area (Å²) in [5.41, 5.74) is 20.3. The van der Waals surface area contributed by atoms with E-state index in [0.29, 0.717) is 0 Å². The number of furan rings is 1. The third kappa shape index (κ3) is 6.87. The molecule has 1 aliphatic carbocycles. The van der Waals surface area contributed by atoms with Crippen LogP contribution in [0.1, 0.15) is 104 Å². The van der Waals surface area contributed by atoms with Gasteiger partial charge in [-0.05, 0) is 157 Å². The number of hydrogen-bond donors (Lipinski definition) is 1. The first-order chi connectivity index (χ1) is 37.4. The van der Waals surface area contributed by atoms with Crippen molar-refractivity contribution in [2.45, 2.75) is 104 Å². The van der Waals surface area contributed by atoms with E-state index in [1.807, 2.05) is 0 Å². The molecule has 0 spiro atoms. The zero-order valence-electron chi connectivity index (χ0n) is 46.4. The first-order valence-corrected chi connectivity index (χ1v) is 27.9. The number of nitrogens with zero attached hydrogens (tertiary/aromatic N) is 2. The van der Waals surface area contributed by atoms with Crippen LogP contribution in [0.25, 0.3) is 82.1 Å². The van der Waals surface area contributed by atoms with Crippen molar-refractivity contribution in [2.24, 2.45) is 0 Å². The normalized spacial score (nSPS) is 15.3. The van der Waals surface area contributed by atoms with E-state index in [2.05, 4.69) is 261 Å². The summed E-state index contributed by atoms with van der Waals surface area (Å²) in [5.74, 6) is 1.62. The summed E-state index contributed by atoms with van der Waals surface area (Å²) >= 11 is 0. The first-order valence-electron chi connectivity index (χ1n) is 27.9. The number of para-hydroxylation sites is 4. The van der Waals surface area contributed by atoms with Crippen molar-refractivity contribution in [3.63, 3.8) is 0 Å². The molecule has 3 aliphatic rings. The van der Waals surface area contributed by atoms with Crippen LogP contribution in [0.15, 0.2) is 174 Å². The van der Waals surface area contributed by atoms with Crippen molar-refractivity contribution in [1.29, 1.82) is 0 Å². The van der Waals surface area contributed by atoms with Crippen LogP contribution in [0.5, 0.6) is 11.5 Å². The number of ether oxygens (including phenoxy) is 1. The summed E-state index contributed by atoms with van der Waals surface area (Å²) in [6.45, 7) is 23.4. The van der Waals surface area contributed by atoms with E-state index in [1.54, 1.807) is 0 Å². The lowest BCUT2D eigenvalue weighted by atomic mass is 9.58. The van der Waals surface area contributed by atoms with Gasteiger partial charge < -0.3 is 23.9 Å². The predicted octanol–water partition coefficient (Wildman–Crippen LogP) is 18.9. The van der Waals surface area contributed by atoms with E-state index < -0.39 is 0 Å². The smallest absolute Gasteiger partial charge is 0.197 e. The Labute approximate surface area is 457 Å². The molecule has 12 aromatic rings. The number of nitrogens with one attached hydrogen (secondary N) is 1. The molecule has 0 unspecified atom stereocenters. The lowest BCUT2D eigenvalue weighted by Crippen LogP contribution is -2.38. The minimum Gasteiger partial charge on any atom is -0.456 e. The maximum Gasteiger partial charge on any atom is 0.197 e. The SMILES string of the molecule is CC(C)(C)c1ccc(Nc2cc3c(cc2-c2cc(N4c5ccccc5Oc5ccccc54)c4c5c6ccccc6c6ccccc6c5n5c4c2[B]c2cc(C(C)(C)C)ccc2-5)oc2cc4c(cc23)C(C)(C)CCC4(C)C)cc1. The molecule has 15 rings (SSSR count). The molecule has 0 atom stereocenters. The van der Waals surface area contributed by atoms with Crippen LogP contribution in [-0.4, -0.2) is 11.8 Å².